The molecule has 0 spiro atoms. The monoisotopic (exact) mass is 231 g/mol. The van der Waals surface area contributed by atoms with Crippen molar-refractivity contribution < 1.29 is 4.79 Å². The SMILES string of the molecule is CC(C)(C)C(=O)N(Cc1ccccc1)C1CC1. The van der Waals surface area contributed by atoms with Crippen LogP contribution < -0.4 is 0 Å². The van der Waals surface area contributed by atoms with Gasteiger partial charge in [0.2, 0.25) is 5.91 Å². The number of benzene rings is 1. The largest absolute Gasteiger partial charge is 0.335 e. The van der Waals surface area contributed by atoms with Gasteiger partial charge in [-0.05, 0) is 18.4 Å². The van der Waals surface area contributed by atoms with Crippen molar-refractivity contribution >= 4 is 5.91 Å². The molecule has 0 heterocycles. The highest BCUT2D eigenvalue weighted by Crippen LogP contribution is 2.32. The maximum atomic E-state index is 12.4. The molecule has 1 aliphatic rings. The third kappa shape index (κ3) is 3.09. The molecule has 0 atom stereocenters. The molecule has 1 fully saturated rings. The van der Waals surface area contributed by atoms with E-state index in [1.807, 2.05) is 39.0 Å². The molecule has 0 unspecified atom stereocenters. The first-order valence-electron chi connectivity index (χ1n) is 6.33. The van der Waals surface area contributed by atoms with Crippen molar-refractivity contribution in [2.24, 2.45) is 5.41 Å². The molecule has 2 rings (SSSR count). The normalized spacial score (nSPS) is 15.7. The summed E-state index contributed by atoms with van der Waals surface area (Å²) in [7, 11) is 0. The van der Waals surface area contributed by atoms with Crippen LogP contribution in [0.3, 0.4) is 0 Å². The Hall–Kier alpha value is -1.31. The third-order valence-electron chi connectivity index (χ3n) is 3.09. The lowest BCUT2D eigenvalue weighted by Gasteiger charge is -2.29. The van der Waals surface area contributed by atoms with Crippen LogP contribution in [0, 0.1) is 5.41 Å². The molecule has 0 bridgehead atoms. The van der Waals surface area contributed by atoms with Gasteiger partial charge in [0.15, 0.2) is 0 Å². The molecule has 0 N–H and O–H groups in total. The van der Waals surface area contributed by atoms with Crippen molar-refractivity contribution in [3.8, 4) is 0 Å². The van der Waals surface area contributed by atoms with Crippen LogP contribution in [-0.4, -0.2) is 16.8 Å². The van der Waals surface area contributed by atoms with Gasteiger partial charge in [0.05, 0.1) is 0 Å². The molecular weight excluding hydrogens is 210 g/mol. The summed E-state index contributed by atoms with van der Waals surface area (Å²) in [5.41, 5.74) is 0.939. The van der Waals surface area contributed by atoms with Gasteiger partial charge in [-0.2, -0.15) is 0 Å². The topological polar surface area (TPSA) is 20.3 Å². The summed E-state index contributed by atoms with van der Waals surface area (Å²) >= 11 is 0. The van der Waals surface area contributed by atoms with Gasteiger partial charge in [0.1, 0.15) is 0 Å². The van der Waals surface area contributed by atoms with Crippen LogP contribution in [0.2, 0.25) is 0 Å². The lowest BCUT2D eigenvalue weighted by molar-refractivity contribution is -0.140. The molecule has 1 saturated carbocycles. The minimum atomic E-state index is -0.280. The highest BCUT2D eigenvalue weighted by atomic mass is 16.2. The molecule has 92 valence electrons. The van der Waals surface area contributed by atoms with E-state index < -0.39 is 0 Å². The second-order valence-corrected chi connectivity index (χ2v) is 5.90. The number of nitrogens with zero attached hydrogens (tertiary/aromatic N) is 1. The van der Waals surface area contributed by atoms with E-state index in [2.05, 4.69) is 17.0 Å². The summed E-state index contributed by atoms with van der Waals surface area (Å²) in [5, 5.41) is 0. The number of hydrogen-bond acceptors (Lipinski definition) is 1. The second-order valence-electron chi connectivity index (χ2n) is 5.90. The molecule has 0 aliphatic heterocycles. The van der Waals surface area contributed by atoms with E-state index in [4.69, 9.17) is 0 Å². The Bertz CT molecular complexity index is 387. The molecule has 0 saturated heterocycles. The van der Waals surface area contributed by atoms with E-state index in [0.717, 1.165) is 19.4 Å². The zero-order valence-electron chi connectivity index (χ0n) is 10.9. The zero-order chi connectivity index (χ0) is 12.5. The Morgan fingerprint density at radius 3 is 2.29 bits per heavy atom. The summed E-state index contributed by atoms with van der Waals surface area (Å²) < 4.78 is 0. The number of hydrogen-bond donors (Lipinski definition) is 0. The van der Waals surface area contributed by atoms with E-state index >= 15 is 0 Å². The molecule has 2 heteroatoms. The summed E-state index contributed by atoms with van der Waals surface area (Å²) in [6.07, 6.45) is 2.32. The number of rotatable bonds is 3. The van der Waals surface area contributed by atoms with Gasteiger partial charge in [-0.3, -0.25) is 4.79 Å². The predicted molar refractivity (Wildman–Crippen MR) is 69.5 cm³/mol. The van der Waals surface area contributed by atoms with Crippen LogP contribution >= 0.6 is 0 Å². The third-order valence-corrected chi connectivity index (χ3v) is 3.09. The lowest BCUT2D eigenvalue weighted by atomic mass is 9.94. The molecule has 1 aromatic rings. The van der Waals surface area contributed by atoms with Crippen LogP contribution in [0.25, 0.3) is 0 Å². The van der Waals surface area contributed by atoms with E-state index in [-0.39, 0.29) is 11.3 Å². The fourth-order valence-corrected chi connectivity index (χ4v) is 1.96. The minimum absolute atomic E-state index is 0.267. The molecule has 1 amide bonds. The summed E-state index contributed by atoms with van der Waals surface area (Å²) in [4.78, 5) is 14.4. The van der Waals surface area contributed by atoms with Gasteiger partial charge in [-0.15, -0.1) is 0 Å². The van der Waals surface area contributed by atoms with E-state index in [0.29, 0.717) is 6.04 Å². The number of amides is 1. The van der Waals surface area contributed by atoms with Gasteiger partial charge in [0.25, 0.3) is 0 Å². The van der Waals surface area contributed by atoms with Crippen molar-refractivity contribution in [3.63, 3.8) is 0 Å². The maximum absolute atomic E-state index is 12.4. The van der Waals surface area contributed by atoms with Crippen LogP contribution in [-0.2, 0) is 11.3 Å². The Kier molecular flexibility index (Phi) is 3.23. The fraction of sp³-hybridized carbons (Fsp3) is 0.533. The second kappa shape index (κ2) is 4.52. The Morgan fingerprint density at radius 1 is 1.24 bits per heavy atom. The Morgan fingerprint density at radius 2 is 1.82 bits per heavy atom. The average Bonchev–Trinajstić information content (AvgIpc) is 3.09. The number of carbonyl (C=O) groups is 1. The highest BCUT2D eigenvalue weighted by molar-refractivity contribution is 5.82. The Labute approximate surface area is 104 Å². The molecule has 1 aromatic carbocycles. The minimum Gasteiger partial charge on any atom is -0.335 e. The smallest absolute Gasteiger partial charge is 0.228 e. The average molecular weight is 231 g/mol. The van der Waals surface area contributed by atoms with Crippen molar-refractivity contribution in [3.05, 3.63) is 35.9 Å². The first-order valence-corrected chi connectivity index (χ1v) is 6.33. The van der Waals surface area contributed by atoms with Gasteiger partial charge in [0, 0.05) is 18.0 Å². The van der Waals surface area contributed by atoms with Gasteiger partial charge in [-0.25, -0.2) is 0 Å². The van der Waals surface area contributed by atoms with Gasteiger partial charge < -0.3 is 4.90 Å². The zero-order valence-corrected chi connectivity index (χ0v) is 10.9. The van der Waals surface area contributed by atoms with Crippen LogP contribution in [0.5, 0.6) is 0 Å². The highest BCUT2D eigenvalue weighted by Gasteiger charge is 2.37. The van der Waals surface area contributed by atoms with Gasteiger partial charge in [-0.1, -0.05) is 51.1 Å². The first kappa shape index (κ1) is 12.2. The molecular formula is C15H21NO. The van der Waals surface area contributed by atoms with E-state index in [1.54, 1.807) is 0 Å². The standard InChI is InChI=1S/C15H21NO/c1-15(2,3)14(17)16(13-9-10-13)11-12-7-5-4-6-8-12/h4-8,13H,9-11H2,1-3H3. The van der Waals surface area contributed by atoms with Crippen LogP contribution in [0.1, 0.15) is 39.2 Å². The Balaban J connectivity index is 2.11. The van der Waals surface area contributed by atoms with Crippen molar-refractivity contribution in [2.45, 2.75) is 46.2 Å². The lowest BCUT2D eigenvalue weighted by Crippen LogP contribution is -2.40. The molecule has 1 aliphatic carbocycles. The van der Waals surface area contributed by atoms with Crippen LogP contribution in [0.15, 0.2) is 30.3 Å². The molecule has 0 radical (unpaired) electrons. The van der Waals surface area contributed by atoms with Crippen molar-refractivity contribution in [1.29, 1.82) is 0 Å². The fourth-order valence-electron chi connectivity index (χ4n) is 1.96. The molecule has 2 nitrogen and oxygen atoms in total. The maximum Gasteiger partial charge on any atom is 0.228 e. The summed E-state index contributed by atoms with van der Waals surface area (Å²) in [5.74, 6) is 0.267. The molecule has 17 heavy (non-hydrogen) atoms. The summed E-state index contributed by atoms with van der Waals surface area (Å²) in [6, 6.07) is 10.7. The molecule has 0 aromatic heterocycles. The van der Waals surface area contributed by atoms with Gasteiger partial charge >= 0.3 is 0 Å². The van der Waals surface area contributed by atoms with Crippen molar-refractivity contribution in [2.75, 3.05) is 0 Å². The first-order chi connectivity index (χ1) is 7.98. The quantitative estimate of drug-likeness (QED) is 0.782. The van der Waals surface area contributed by atoms with Crippen LogP contribution in [0.4, 0.5) is 0 Å². The van der Waals surface area contributed by atoms with E-state index in [1.165, 1.54) is 5.56 Å². The van der Waals surface area contributed by atoms with E-state index in [9.17, 15) is 4.79 Å². The van der Waals surface area contributed by atoms with Crippen molar-refractivity contribution in [1.82, 2.24) is 4.90 Å². The predicted octanol–water partition coefficient (Wildman–Crippen LogP) is 3.22. The number of carbonyl (C=O) groups excluding carboxylic acids is 1. The summed E-state index contributed by atoms with van der Waals surface area (Å²) in [6.45, 7) is 6.74.